The van der Waals surface area contributed by atoms with E-state index in [4.69, 9.17) is 5.26 Å². The van der Waals surface area contributed by atoms with Crippen LogP contribution in [-0.2, 0) is 6.54 Å². The van der Waals surface area contributed by atoms with Crippen molar-refractivity contribution in [1.29, 1.82) is 5.26 Å². The average molecular weight is 287 g/mol. The second-order valence-electron chi connectivity index (χ2n) is 6.03. The Morgan fingerprint density at radius 2 is 2.00 bits per heavy atom. The monoisotopic (exact) mass is 287 g/mol. The number of aliphatic hydroxyl groups excluding tert-OH is 1. The first-order valence-corrected chi connectivity index (χ1v) is 7.77. The zero-order valence-corrected chi connectivity index (χ0v) is 12.8. The first-order valence-electron chi connectivity index (χ1n) is 7.77. The van der Waals surface area contributed by atoms with Crippen molar-refractivity contribution in [2.75, 3.05) is 26.2 Å². The van der Waals surface area contributed by atoms with E-state index in [-0.39, 0.29) is 6.10 Å². The van der Waals surface area contributed by atoms with Crippen molar-refractivity contribution in [1.82, 2.24) is 10.2 Å². The predicted molar refractivity (Wildman–Crippen MR) is 83.7 cm³/mol. The first kappa shape index (κ1) is 16.0. The molecule has 2 rings (SSSR count). The lowest BCUT2D eigenvalue weighted by Crippen LogP contribution is -2.40. The maximum absolute atomic E-state index is 9.40. The van der Waals surface area contributed by atoms with E-state index in [2.05, 4.69) is 16.3 Å². The van der Waals surface area contributed by atoms with Crippen LogP contribution in [0.1, 0.15) is 30.9 Å². The normalized spacial score (nSPS) is 18.3. The molecule has 4 nitrogen and oxygen atoms in total. The van der Waals surface area contributed by atoms with Crippen LogP contribution in [0.3, 0.4) is 0 Å². The quantitative estimate of drug-likeness (QED) is 0.837. The minimum Gasteiger partial charge on any atom is -0.392 e. The number of likely N-dealkylation sites (tertiary alicyclic amines) is 1. The lowest BCUT2D eigenvalue weighted by Gasteiger charge is -2.32. The van der Waals surface area contributed by atoms with Crippen molar-refractivity contribution in [2.24, 2.45) is 5.92 Å². The van der Waals surface area contributed by atoms with Gasteiger partial charge in [0, 0.05) is 13.1 Å². The van der Waals surface area contributed by atoms with Gasteiger partial charge >= 0.3 is 0 Å². The van der Waals surface area contributed by atoms with E-state index in [0.29, 0.717) is 5.56 Å². The number of piperidine rings is 1. The lowest BCUT2D eigenvalue weighted by atomic mass is 9.96. The standard InChI is InChI=1S/C17H25N3O/c1-14(21)13-20-8-6-17(7-9-20)12-19-11-16-4-2-15(10-18)3-5-16/h2-5,14,17,19,21H,6-9,11-13H2,1H3/t14-/m1/s1. The number of rotatable bonds is 6. The van der Waals surface area contributed by atoms with E-state index < -0.39 is 0 Å². The van der Waals surface area contributed by atoms with E-state index in [1.165, 1.54) is 18.4 Å². The van der Waals surface area contributed by atoms with Crippen LogP contribution in [0.5, 0.6) is 0 Å². The molecule has 4 heteroatoms. The summed E-state index contributed by atoms with van der Waals surface area (Å²) in [5.74, 6) is 0.730. The maximum Gasteiger partial charge on any atom is 0.0991 e. The van der Waals surface area contributed by atoms with E-state index in [9.17, 15) is 5.11 Å². The summed E-state index contributed by atoms with van der Waals surface area (Å²) in [6.45, 7) is 6.74. The molecule has 0 bridgehead atoms. The molecule has 1 aromatic carbocycles. The van der Waals surface area contributed by atoms with Crippen molar-refractivity contribution in [3.63, 3.8) is 0 Å². The highest BCUT2D eigenvalue weighted by Crippen LogP contribution is 2.16. The van der Waals surface area contributed by atoms with Crippen LogP contribution in [0.2, 0.25) is 0 Å². The molecule has 2 N–H and O–H groups in total. The van der Waals surface area contributed by atoms with E-state index in [0.717, 1.165) is 38.6 Å². The molecule has 0 radical (unpaired) electrons. The van der Waals surface area contributed by atoms with Gasteiger partial charge in [-0.3, -0.25) is 0 Å². The third kappa shape index (κ3) is 5.47. The molecule has 0 spiro atoms. The van der Waals surface area contributed by atoms with E-state index >= 15 is 0 Å². The molecule has 21 heavy (non-hydrogen) atoms. The van der Waals surface area contributed by atoms with Gasteiger partial charge in [0.2, 0.25) is 0 Å². The molecule has 0 amide bonds. The van der Waals surface area contributed by atoms with Gasteiger partial charge in [-0.15, -0.1) is 0 Å². The Hall–Kier alpha value is -1.41. The third-order valence-corrected chi connectivity index (χ3v) is 4.07. The molecule has 0 saturated carbocycles. The molecule has 1 saturated heterocycles. The number of β-amino-alcohol motifs (C(OH)–C–C–N with tert-alkyl or cyclic N) is 1. The van der Waals surface area contributed by atoms with Crippen LogP contribution in [-0.4, -0.2) is 42.3 Å². The Balaban J connectivity index is 1.64. The maximum atomic E-state index is 9.40. The topological polar surface area (TPSA) is 59.3 Å². The first-order chi connectivity index (χ1) is 10.2. The fraction of sp³-hybridized carbons (Fsp3) is 0.588. The smallest absolute Gasteiger partial charge is 0.0991 e. The number of nitrogens with zero attached hydrogens (tertiary/aromatic N) is 2. The molecule has 0 aromatic heterocycles. The van der Waals surface area contributed by atoms with Crippen LogP contribution >= 0.6 is 0 Å². The molecule has 0 aliphatic carbocycles. The van der Waals surface area contributed by atoms with Crippen LogP contribution in [0, 0.1) is 17.2 Å². The van der Waals surface area contributed by atoms with Crippen LogP contribution < -0.4 is 5.32 Å². The summed E-state index contributed by atoms with van der Waals surface area (Å²) in [6.07, 6.45) is 2.18. The summed E-state index contributed by atoms with van der Waals surface area (Å²) in [5.41, 5.74) is 1.93. The Kier molecular flexibility index (Phi) is 6.19. The summed E-state index contributed by atoms with van der Waals surface area (Å²) >= 11 is 0. The molecule has 1 fully saturated rings. The van der Waals surface area contributed by atoms with Gasteiger partial charge in [-0.2, -0.15) is 5.26 Å². The van der Waals surface area contributed by atoms with Crippen molar-refractivity contribution < 1.29 is 5.11 Å². The highest BCUT2D eigenvalue weighted by atomic mass is 16.3. The summed E-state index contributed by atoms with van der Waals surface area (Å²) in [4.78, 5) is 2.35. The largest absolute Gasteiger partial charge is 0.392 e. The Morgan fingerprint density at radius 1 is 1.33 bits per heavy atom. The number of benzene rings is 1. The predicted octanol–water partition coefficient (Wildman–Crippen LogP) is 1.74. The van der Waals surface area contributed by atoms with Crippen molar-refractivity contribution in [2.45, 2.75) is 32.4 Å². The van der Waals surface area contributed by atoms with Gasteiger partial charge in [-0.1, -0.05) is 12.1 Å². The highest BCUT2D eigenvalue weighted by Gasteiger charge is 2.19. The van der Waals surface area contributed by atoms with Gasteiger partial charge in [0.15, 0.2) is 0 Å². The van der Waals surface area contributed by atoms with Gasteiger partial charge in [0.1, 0.15) is 0 Å². The molecular formula is C17H25N3O. The Bertz CT molecular complexity index is 456. The Morgan fingerprint density at radius 3 is 2.57 bits per heavy atom. The van der Waals surface area contributed by atoms with Gasteiger partial charge in [-0.25, -0.2) is 0 Å². The summed E-state index contributed by atoms with van der Waals surface area (Å²) in [5, 5.41) is 21.7. The van der Waals surface area contributed by atoms with Gasteiger partial charge < -0.3 is 15.3 Å². The summed E-state index contributed by atoms with van der Waals surface area (Å²) in [6, 6.07) is 9.89. The van der Waals surface area contributed by atoms with Gasteiger partial charge in [-0.05, 0) is 63.0 Å². The van der Waals surface area contributed by atoms with Crippen LogP contribution in [0.4, 0.5) is 0 Å². The van der Waals surface area contributed by atoms with Crippen LogP contribution in [0.15, 0.2) is 24.3 Å². The minimum atomic E-state index is -0.226. The second kappa shape index (κ2) is 8.14. The van der Waals surface area contributed by atoms with Gasteiger partial charge in [0.05, 0.1) is 17.7 Å². The third-order valence-electron chi connectivity index (χ3n) is 4.07. The molecule has 114 valence electrons. The lowest BCUT2D eigenvalue weighted by molar-refractivity contribution is 0.0998. The van der Waals surface area contributed by atoms with E-state index in [1.807, 2.05) is 31.2 Å². The minimum absolute atomic E-state index is 0.226. The highest BCUT2D eigenvalue weighted by molar-refractivity contribution is 5.31. The number of aliphatic hydroxyl groups is 1. The average Bonchev–Trinajstić information content (AvgIpc) is 2.49. The number of nitriles is 1. The molecule has 0 unspecified atom stereocenters. The molecule has 1 aliphatic heterocycles. The fourth-order valence-electron chi connectivity index (χ4n) is 2.86. The van der Waals surface area contributed by atoms with Crippen molar-refractivity contribution in [3.8, 4) is 6.07 Å². The summed E-state index contributed by atoms with van der Waals surface area (Å²) < 4.78 is 0. The van der Waals surface area contributed by atoms with Crippen molar-refractivity contribution >= 4 is 0 Å². The second-order valence-corrected chi connectivity index (χ2v) is 6.03. The molecular weight excluding hydrogens is 262 g/mol. The zero-order chi connectivity index (χ0) is 15.1. The number of hydrogen-bond donors (Lipinski definition) is 2. The number of nitrogens with one attached hydrogen (secondary N) is 1. The fourth-order valence-corrected chi connectivity index (χ4v) is 2.86. The molecule has 1 atom stereocenters. The van der Waals surface area contributed by atoms with Crippen molar-refractivity contribution in [3.05, 3.63) is 35.4 Å². The summed E-state index contributed by atoms with van der Waals surface area (Å²) in [7, 11) is 0. The number of hydrogen-bond acceptors (Lipinski definition) is 4. The van der Waals surface area contributed by atoms with E-state index in [1.54, 1.807) is 0 Å². The Labute approximate surface area is 127 Å². The van der Waals surface area contributed by atoms with Gasteiger partial charge in [0.25, 0.3) is 0 Å². The molecule has 1 heterocycles. The van der Waals surface area contributed by atoms with Crippen LogP contribution in [0.25, 0.3) is 0 Å². The molecule has 1 aliphatic rings. The molecule has 1 aromatic rings. The zero-order valence-electron chi connectivity index (χ0n) is 12.8. The SMILES string of the molecule is C[C@@H](O)CN1CCC(CNCc2ccc(C#N)cc2)CC1.